The van der Waals surface area contributed by atoms with Crippen molar-refractivity contribution in [3.8, 4) is 0 Å². The summed E-state index contributed by atoms with van der Waals surface area (Å²) in [7, 11) is 0. The molecule has 3 aromatic rings. The number of aromatic nitrogens is 3. The lowest BCUT2D eigenvalue weighted by atomic mass is 10.1. The molecule has 1 atom stereocenters. The van der Waals surface area contributed by atoms with Crippen molar-refractivity contribution in [2.24, 2.45) is 0 Å². The Bertz CT molecular complexity index is 977. The molecule has 0 spiro atoms. The monoisotopic (exact) mass is 361 g/mol. The van der Waals surface area contributed by atoms with Crippen molar-refractivity contribution in [3.63, 3.8) is 0 Å². The number of hydrogen-bond donors (Lipinski definition) is 1. The first-order valence-corrected chi connectivity index (χ1v) is 9.63. The molecular formula is C21H23N5O. The lowest BCUT2D eigenvalue weighted by molar-refractivity contribution is -0.122. The summed E-state index contributed by atoms with van der Waals surface area (Å²) in [6, 6.07) is 14.9. The molecule has 138 valence electrons. The third-order valence-electron chi connectivity index (χ3n) is 5.36. The lowest BCUT2D eigenvalue weighted by Gasteiger charge is -2.33. The average Bonchev–Trinajstić information content (AvgIpc) is 3.34. The number of para-hydroxylation sites is 1. The summed E-state index contributed by atoms with van der Waals surface area (Å²) in [4.78, 5) is 19.5. The van der Waals surface area contributed by atoms with Crippen molar-refractivity contribution >= 4 is 16.8 Å². The molecule has 1 aromatic carbocycles. The molecule has 0 radical (unpaired) electrons. The van der Waals surface area contributed by atoms with E-state index in [1.165, 1.54) is 0 Å². The second-order valence-electron chi connectivity index (χ2n) is 7.63. The Balaban J connectivity index is 1.32. The van der Waals surface area contributed by atoms with Crippen LogP contribution in [0.2, 0.25) is 0 Å². The Kier molecular flexibility index (Phi) is 4.13. The molecule has 2 aliphatic rings. The summed E-state index contributed by atoms with van der Waals surface area (Å²) in [5.74, 6) is 0.134. The Morgan fingerprint density at radius 3 is 2.93 bits per heavy atom. The van der Waals surface area contributed by atoms with Crippen LogP contribution in [0.15, 0.2) is 48.7 Å². The van der Waals surface area contributed by atoms with Crippen molar-refractivity contribution in [1.82, 2.24) is 25.0 Å². The Morgan fingerprint density at radius 1 is 1.15 bits per heavy atom. The van der Waals surface area contributed by atoms with Gasteiger partial charge in [-0.25, -0.2) is 0 Å². The van der Waals surface area contributed by atoms with Gasteiger partial charge in [0.05, 0.1) is 29.4 Å². The van der Waals surface area contributed by atoms with Crippen LogP contribution in [-0.2, 0) is 17.9 Å². The van der Waals surface area contributed by atoms with E-state index >= 15 is 0 Å². The van der Waals surface area contributed by atoms with E-state index in [9.17, 15) is 4.79 Å². The highest BCUT2D eigenvalue weighted by Crippen LogP contribution is 2.25. The van der Waals surface area contributed by atoms with Gasteiger partial charge in [-0.2, -0.15) is 5.10 Å². The van der Waals surface area contributed by atoms with Crippen molar-refractivity contribution in [3.05, 3.63) is 60.0 Å². The Labute approximate surface area is 158 Å². The maximum absolute atomic E-state index is 12.3. The van der Waals surface area contributed by atoms with E-state index in [4.69, 9.17) is 4.98 Å². The zero-order valence-corrected chi connectivity index (χ0v) is 15.2. The van der Waals surface area contributed by atoms with Gasteiger partial charge in [-0.15, -0.1) is 0 Å². The van der Waals surface area contributed by atoms with Gasteiger partial charge < -0.3 is 5.32 Å². The molecule has 0 bridgehead atoms. The molecule has 1 aliphatic carbocycles. The zero-order valence-electron chi connectivity index (χ0n) is 15.2. The first-order chi connectivity index (χ1) is 13.2. The van der Waals surface area contributed by atoms with Gasteiger partial charge in [0.2, 0.25) is 5.91 Å². The number of nitrogens with one attached hydrogen (secondary N) is 1. The van der Waals surface area contributed by atoms with Crippen molar-refractivity contribution in [2.75, 3.05) is 6.54 Å². The van der Waals surface area contributed by atoms with Crippen LogP contribution in [0.4, 0.5) is 0 Å². The fourth-order valence-electron chi connectivity index (χ4n) is 3.89. The molecule has 2 aromatic heterocycles. The number of rotatable bonds is 5. The van der Waals surface area contributed by atoms with E-state index < -0.39 is 0 Å². The summed E-state index contributed by atoms with van der Waals surface area (Å²) < 4.78 is 2.02. The molecule has 1 N–H and O–H groups in total. The first kappa shape index (κ1) is 16.4. The van der Waals surface area contributed by atoms with Crippen LogP contribution in [0.5, 0.6) is 0 Å². The molecule has 27 heavy (non-hydrogen) atoms. The minimum Gasteiger partial charge on any atom is -0.353 e. The molecular weight excluding hydrogens is 338 g/mol. The molecule has 1 amide bonds. The topological polar surface area (TPSA) is 63.1 Å². The van der Waals surface area contributed by atoms with Crippen LogP contribution in [0.1, 0.15) is 36.7 Å². The predicted octanol–water partition coefficient (Wildman–Crippen LogP) is 2.66. The number of carbonyl (C=O) groups is 1. The second-order valence-corrected chi connectivity index (χ2v) is 7.63. The summed E-state index contributed by atoms with van der Waals surface area (Å²) in [5.41, 5.74) is 3.24. The zero-order chi connectivity index (χ0) is 18.2. The minimum atomic E-state index is 0.0722. The number of hydrogen-bond acceptors (Lipinski definition) is 4. The lowest BCUT2D eigenvalue weighted by Crippen LogP contribution is -2.40. The van der Waals surface area contributed by atoms with Gasteiger partial charge in [-0.3, -0.25) is 19.4 Å². The highest BCUT2D eigenvalue weighted by molar-refractivity contribution is 5.78. The standard InChI is InChI=1S/C21H23N5O/c27-21(24-16-7-8-16)11-19-14-25(13-18-9-10-22-26(18)19)12-17-6-5-15-3-1-2-4-20(15)23-17/h1-6,9-10,16,19H,7-8,11-14H2,(H,24,27). The van der Waals surface area contributed by atoms with Crippen LogP contribution in [-0.4, -0.2) is 38.2 Å². The minimum absolute atomic E-state index is 0.0722. The second kappa shape index (κ2) is 6.78. The largest absolute Gasteiger partial charge is 0.353 e. The SMILES string of the molecule is O=C(CC1CN(Cc2ccc3ccccc3n2)Cc2ccnn21)NC1CC1. The van der Waals surface area contributed by atoms with Gasteiger partial charge in [0, 0.05) is 37.3 Å². The van der Waals surface area contributed by atoms with Crippen LogP contribution in [0, 0.1) is 0 Å². The van der Waals surface area contributed by atoms with Crippen LogP contribution < -0.4 is 5.32 Å². The molecule has 1 unspecified atom stereocenters. The van der Waals surface area contributed by atoms with Crippen molar-refractivity contribution in [2.45, 2.75) is 44.4 Å². The van der Waals surface area contributed by atoms with Crippen LogP contribution in [0.25, 0.3) is 10.9 Å². The quantitative estimate of drug-likeness (QED) is 0.759. The maximum atomic E-state index is 12.3. The molecule has 6 nitrogen and oxygen atoms in total. The van der Waals surface area contributed by atoms with Crippen molar-refractivity contribution in [1.29, 1.82) is 0 Å². The Morgan fingerprint density at radius 2 is 2.04 bits per heavy atom. The van der Waals surface area contributed by atoms with Gasteiger partial charge in [0.25, 0.3) is 0 Å². The Hall–Kier alpha value is -2.73. The molecule has 5 rings (SSSR count). The third-order valence-corrected chi connectivity index (χ3v) is 5.36. The van der Waals surface area contributed by atoms with E-state index in [-0.39, 0.29) is 11.9 Å². The van der Waals surface area contributed by atoms with Gasteiger partial charge in [0.1, 0.15) is 0 Å². The maximum Gasteiger partial charge on any atom is 0.222 e. The number of amides is 1. The van der Waals surface area contributed by atoms with E-state index in [0.29, 0.717) is 12.5 Å². The smallest absolute Gasteiger partial charge is 0.222 e. The summed E-state index contributed by atoms with van der Waals surface area (Å²) in [6.45, 7) is 2.41. The van der Waals surface area contributed by atoms with E-state index in [2.05, 4.69) is 39.6 Å². The van der Waals surface area contributed by atoms with Gasteiger partial charge in [-0.05, 0) is 31.0 Å². The number of pyridine rings is 1. The number of benzene rings is 1. The summed E-state index contributed by atoms with van der Waals surface area (Å²) in [5, 5.41) is 8.72. The number of carbonyl (C=O) groups excluding carboxylic acids is 1. The summed E-state index contributed by atoms with van der Waals surface area (Å²) in [6.07, 6.45) is 4.54. The van der Waals surface area contributed by atoms with Crippen LogP contribution in [0.3, 0.4) is 0 Å². The van der Waals surface area contributed by atoms with E-state index in [0.717, 1.165) is 54.8 Å². The number of fused-ring (bicyclic) bond motifs is 2. The van der Waals surface area contributed by atoms with Crippen molar-refractivity contribution < 1.29 is 4.79 Å². The third kappa shape index (κ3) is 3.57. The fraction of sp³-hybridized carbons (Fsp3) is 0.381. The first-order valence-electron chi connectivity index (χ1n) is 9.63. The molecule has 1 fully saturated rings. The molecule has 6 heteroatoms. The fourth-order valence-corrected chi connectivity index (χ4v) is 3.89. The molecule has 1 aliphatic heterocycles. The normalized spacial score (nSPS) is 19.8. The van der Waals surface area contributed by atoms with E-state index in [1.54, 1.807) is 0 Å². The molecule has 3 heterocycles. The highest BCUT2D eigenvalue weighted by atomic mass is 16.1. The van der Waals surface area contributed by atoms with E-state index in [1.807, 2.05) is 29.1 Å². The number of nitrogens with zero attached hydrogens (tertiary/aromatic N) is 4. The van der Waals surface area contributed by atoms with Gasteiger partial charge in [0.15, 0.2) is 0 Å². The van der Waals surface area contributed by atoms with Crippen LogP contribution >= 0.6 is 0 Å². The highest BCUT2D eigenvalue weighted by Gasteiger charge is 2.30. The van der Waals surface area contributed by atoms with Gasteiger partial charge >= 0.3 is 0 Å². The molecule has 1 saturated carbocycles. The average molecular weight is 361 g/mol. The summed E-state index contributed by atoms with van der Waals surface area (Å²) >= 11 is 0. The molecule has 0 saturated heterocycles. The van der Waals surface area contributed by atoms with Gasteiger partial charge in [-0.1, -0.05) is 24.3 Å². The predicted molar refractivity (Wildman–Crippen MR) is 103 cm³/mol.